The Kier molecular flexibility index (Phi) is 3.67. The lowest BCUT2D eigenvalue weighted by Crippen LogP contribution is -2.25. The molecule has 0 spiro atoms. The van der Waals surface area contributed by atoms with Crippen molar-refractivity contribution in [1.29, 1.82) is 0 Å². The highest BCUT2D eigenvalue weighted by Crippen LogP contribution is 2.30. The van der Waals surface area contributed by atoms with Crippen molar-refractivity contribution in [2.24, 2.45) is 0 Å². The SMILES string of the molecule is CCCCNc1ccc2c(c1)CCN2C(C)=O. The molecule has 0 bridgehead atoms. The number of carbonyl (C=O) groups excluding carboxylic acids is 1. The highest BCUT2D eigenvalue weighted by Gasteiger charge is 2.21. The molecule has 0 saturated heterocycles. The van der Waals surface area contributed by atoms with E-state index in [1.54, 1.807) is 6.92 Å². The fourth-order valence-electron chi connectivity index (χ4n) is 2.25. The van der Waals surface area contributed by atoms with Crippen LogP contribution in [-0.2, 0) is 11.2 Å². The van der Waals surface area contributed by atoms with Gasteiger partial charge in [-0.15, -0.1) is 0 Å². The molecule has 0 unspecified atom stereocenters. The van der Waals surface area contributed by atoms with Crippen molar-refractivity contribution in [3.8, 4) is 0 Å². The summed E-state index contributed by atoms with van der Waals surface area (Å²) in [6, 6.07) is 6.29. The molecule has 1 aromatic carbocycles. The van der Waals surface area contributed by atoms with Gasteiger partial charge in [-0.3, -0.25) is 4.79 Å². The van der Waals surface area contributed by atoms with Gasteiger partial charge >= 0.3 is 0 Å². The van der Waals surface area contributed by atoms with Crippen molar-refractivity contribution < 1.29 is 4.79 Å². The largest absolute Gasteiger partial charge is 0.385 e. The molecule has 17 heavy (non-hydrogen) atoms. The molecule has 1 aliphatic heterocycles. The van der Waals surface area contributed by atoms with E-state index in [0.717, 1.165) is 25.2 Å². The lowest BCUT2D eigenvalue weighted by molar-refractivity contribution is -0.116. The summed E-state index contributed by atoms with van der Waals surface area (Å²) >= 11 is 0. The molecule has 1 amide bonds. The summed E-state index contributed by atoms with van der Waals surface area (Å²) < 4.78 is 0. The zero-order chi connectivity index (χ0) is 12.3. The van der Waals surface area contributed by atoms with Crippen LogP contribution < -0.4 is 10.2 Å². The predicted molar refractivity (Wildman–Crippen MR) is 71.6 cm³/mol. The minimum atomic E-state index is 0.135. The first kappa shape index (κ1) is 12.0. The molecule has 0 radical (unpaired) electrons. The highest BCUT2D eigenvalue weighted by atomic mass is 16.2. The number of hydrogen-bond donors (Lipinski definition) is 1. The summed E-state index contributed by atoms with van der Waals surface area (Å²) in [6.07, 6.45) is 3.37. The van der Waals surface area contributed by atoms with E-state index in [1.807, 2.05) is 4.90 Å². The number of rotatable bonds is 4. The van der Waals surface area contributed by atoms with E-state index < -0.39 is 0 Å². The first-order chi connectivity index (χ1) is 8.22. The summed E-state index contributed by atoms with van der Waals surface area (Å²) in [5, 5.41) is 3.42. The van der Waals surface area contributed by atoms with Crippen LogP contribution in [0.4, 0.5) is 11.4 Å². The zero-order valence-electron chi connectivity index (χ0n) is 10.6. The molecular formula is C14H20N2O. The van der Waals surface area contributed by atoms with Gasteiger partial charge in [0.05, 0.1) is 0 Å². The Bertz CT molecular complexity index is 415. The van der Waals surface area contributed by atoms with Gasteiger partial charge in [0.1, 0.15) is 0 Å². The first-order valence-corrected chi connectivity index (χ1v) is 6.37. The molecule has 1 aromatic rings. The summed E-state index contributed by atoms with van der Waals surface area (Å²) in [5.41, 5.74) is 3.53. The smallest absolute Gasteiger partial charge is 0.223 e. The molecule has 0 aromatic heterocycles. The maximum atomic E-state index is 11.4. The van der Waals surface area contributed by atoms with Crippen LogP contribution in [0.3, 0.4) is 0 Å². The number of nitrogens with zero attached hydrogens (tertiary/aromatic N) is 1. The van der Waals surface area contributed by atoms with E-state index in [4.69, 9.17) is 0 Å². The molecule has 0 saturated carbocycles. The minimum Gasteiger partial charge on any atom is -0.385 e. The third-order valence-electron chi connectivity index (χ3n) is 3.21. The Morgan fingerprint density at radius 2 is 2.29 bits per heavy atom. The topological polar surface area (TPSA) is 32.3 Å². The van der Waals surface area contributed by atoms with Crippen LogP contribution >= 0.6 is 0 Å². The Morgan fingerprint density at radius 3 is 3.00 bits per heavy atom. The molecule has 0 aliphatic carbocycles. The fraction of sp³-hybridized carbons (Fsp3) is 0.500. The summed E-state index contributed by atoms with van der Waals surface area (Å²) in [7, 11) is 0. The number of unbranched alkanes of at least 4 members (excludes halogenated alkanes) is 1. The van der Waals surface area contributed by atoms with Crippen molar-refractivity contribution in [3.05, 3.63) is 23.8 Å². The molecule has 1 aliphatic rings. The van der Waals surface area contributed by atoms with Gasteiger partial charge in [0.2, 0.25) is 5.91 Å². The summed E-state index contributed by atoms with van der Waals surface area (Å²) in [5.74, 6) is 0.135. The molecule has 1 N–H and O–H groups in total. The number of fused-ring (bicyclic) bond motifs is 1. The molecule has 3 heteroatoms. The first-order valence-electron chi connectivity index (χ1n) is 6.37. The van der Waals surface area contributed by atoms with Gasteiger partial charge in [-0.25, -0.2) is 0 Å². The van der Waals surface area contributed by atoms with Crippen LogP contribution in [0.1, 0.15) is 32.3 Å². The monoisotopic (exact) mass is 232 g/mol. The zero-order valence-corrected chi connectivity index (χ0v) is 10.6. The second-order valence-corrected chi connectivity index (χ2v) is 4.54. The van der Waals surface area contributed by atoms with Crippen molar-refractivity contribution in [3.63, 3.8) is 0 Å². The van der Waals surface area contributed by atoms with Crippen molar-refractivity contribution >= 4 is 17.3 Å². The normalized spacial score (nSPS) is 13.6. The van der Waals surface area contributed by atoms with Crippen LogP contribution in [0.5, 0.6) is 0 Å². The molecular weight excluding hydrogens is 212 g/mol. The van der Waals surface area contributed by atoms with Gasteiger partial charge in [0, 0.05) is 31.4 Å². The van der Waals surface area contributed by atoms with E-state index in [0.29, 0.717) is 0 Å². The van der Waals surface area contributed by atoms with Crippen molar-refractivity contribution in [2.45, 2.75) is 33.1 Å². The van der Waals surface area contributed by atoms with Gasteiger partial charge in [0.15, 0.2) is 0 Å². The average molecular weight is 232 g/mol. The molecule has 2 rings (SSSR count). The van der Waals surface area contributed by atoms with Gasteiger partial charge in [-0.05, 0) is 36.6 Å². The Morgan fingerprint density at radius 1 is 1.47 bits per heavy atom. The van der Waals surface area contributed by atoms with Gasteiger partial charge in [0.25, 0.3) is 0 Å². The highest BCUT2D eigenvalue weighted by molar-refractivity contribution is 5.94. The Balaban J connectivity index is 2.08. The van der Waals surface area contributed by atoms with Crippen LogP contribution in [0, 0.1) is 0 Å². The van der Waals surface area contributed by atoms with E-state index in [1.165, 1.54) is 24.1 Å². The van der Waals surface area contributed by atoms with Crippen molar-refractivity contribution in [2.75, 3.05) is 23.3 Å². The number of carbonyl (C=O) groups is 1. The van der Waals surface area contributed by atoms with Crippen LogP contribution in [-0.4, -0.2) is 19.0 Å². The lowest BCUT2D eigenvalue weighted by Gasteiger charge is -2.15. The van der Waals surface area contributed by atoms with Gasteiger partial charge in [-0.2, -0.15) is 0 Å². The Labute approximate surface area is 103 Å². The summed E-state index contributed by atoms with van der Waals surface area (Å²) in [4.78, 5) is 13.3. The van der Waals surface area contributed by atoms with E-state index >= 15 is 0 Å². The lowest BCUT2D eigenvalue weighted by atomic mass is 10.1. The third-order valence-corrected chi connectivity index (χ3v) is 3.21. The molecule has 92 valence electrons. The second-order valence-electron chi connectivity index (χ2n) is 4.54. The third kappa shape index (κ3) is 2.60. The van der Waals surface area contributed by atoms with E-state index in [9.17, 15) is 4.79 Å². The van der Waals surface area contributed by atoms with E-state index in [2.05, 4.69) is 30.4 Å². The minimum absolute atomic E-state index is 0.135. The predicted octanol–water partition coefficient (Wildman–Crippen LogP) is 2.81. The number of anilines is 2. The van der Waals surface area contributed by atoms with E-state index in [-0.39, 0.29) is 5.91 Å². The molecule has 1 heterocycles. The van der Waals surface area contributed by atoms with Crippen LogP contribution in [0.25, 0.3) is 0 Å². The number of nitrogens with one attached hydrogen (secondary N) is 1. The maximum Gasteiger partial charge on any atom is 0.223 e. The molecule has 0 atom stereocenters. The van der Waals surface area contributed by atoms with Gasteiger partial charge in [-0.1, -0.05) is 13.3 Å². The average Bonchev–Trinajstić information content (AvgIpc) is 2.72. The second kappa shape index (κ2) is 5.21. The maximum absolute atomic E-state index is 11.4. The van der Waals surface area contributed by atoms with Gasteiger partial charge < -0.3 is 10.2 Å². The molecule has 0 fully saturated rings. The van der Waals surface area contributed by atoms with Crippen molar-refractivity contribution in [1.82, 2.24) is 0 Å². The molecule has 3 nitrogen and oxygen atoms in total. The number of benzene rings is 1. The Hall–Kier alpha value is -1.51. The quantitative estimate of drug-likeness (QED) is 0.810. The standard InChI is InChI=1S/C14H20N2O/c1-3-4-8-15-13-5-6-14-12(10-13)7-9-16(14)11(2)17/h5-6,10,15H,3-4,7-9H2,1-2H3. The number of amides is 1. The summed E-state index contributed by atoms with van der Waals surface area (Å²) in [6.45, 7) is 5.66. The van der Waals surface area contributed by atoms with Crippen LogP contribution in [0.15, 0.2) is 18.2 Å². The fourth-order valence-corrected chi connectivity index (χ4v) is 2.25. The number of hydrogen-bond acceptors (Lipinski definition) is 2. The van der Waals surface area contributed by atoms with Crippen LogP contribution in [0.2, 0.25) is 0 Å².